The number of benzene rings is 2. The molecule has 0 bridgehead atoms. The number of amides is 2. The first-order valence-corrected chi connectivity index (χ1v) is 11.6. The van der Waals surface area contributed by atoms with Gasteiger partial charge in [-0.3, -0.25) is 9.59 Å². The number of halogens is 1. The molecule has 1 saturated heterocycles. The summed E-state index contributed by atoms with van der Waals surface area (Å²) in [5.41, 5.74) is 3.06. The summed E-state index contributed by atoms with van der Waals surface area (Å²) in [5.74, 6) is 0.201. The minimum Gasteiger partial charge on any atom is -0.350 e. The number of aromatic nitrogens is 1. The van der Waals surface area contributed by atoms with E-state index in [1.807, 2.05) is 43.0 Å². The molecule has 2 heterocycles. The van der Waals surface area contributed by atoms with Gasteiger partial charge in [0.05, 0.1) is 15.9 Å². The molecule has 3 aromatic rings. The monoisotopic (exact) mass is 449 g/mol. The first-order chi connectivity index (χ1) is 15.4. The molecule has 1 saturated carbocycles. The van der Waals surface area contributed by atoms with E-state index in [2.05, 4.69) is 10.3 Å². The van der Waals surface area contributed by atoms with Gasteiger partial charge in [0.15, 0.2) is 0 Å². The van der Waals surface area contributed by atoms with Gasteiger partial charge in [-0.15, -0.1) is 11.3 Å². The van der Waals surface area contributed by atoms with Crippen LogP contribution in [0.5, 0.6) is 0 Å². The van der Waals surface area contributed by atoms with Gasteiger partial charge in [0, 0.05) is 18.7 Å². The average molecular weight is 450 g/mol. The molecule has 5 nitrogen and oxygen atoms in total. The number of nitrogens with one attached hydrogen (secondary N) is 1. The maximum absolute atomic E-state index is 13.6. The maximum atomic E-state index is 13.6. The molecule has 32 heavy (non-hydrogen) atoms. The molecule has 164 valence electrons. The van der Waals surface area contributed by atoms with Crippen LogP contribution in [0.1, 0.15) is 37.8 Å². The largest absolute Gasteiger partial charge is 0.350 e. The van der Waals surface area contributed by atoms with E-state index in [1.165, 1.54) is 41.2 Å². The van der Waals surface area contributed by atoms with Crippen LogP contribution >= 0.6 is 11.3 Å². The van der Waals surface area contributed by atoms with Crippen LogP contribution in [0, 0.1) is 31.5 Å². The van der Waals surface area contributed by atoms with E-state index >= 15 is 0 Å². The van der Waals surface area contributed by atoms with Gasteiger partial charge in [-0.25, -0.2) is 9.37 Å². The number of hydrogen-bond donors (Lipinski definition) is 1. The van der Waals surface area contributed by atoms with Gasteiger partial charge in [-0.2, -0.15) is 0 Å². The van der Waals surface area contributed by atoms with E-state index < -0.39 is 0 Å². The standard InChI is InChI=1S/C25H24FN3O2S/c1-14-3-5-16(6-4-14)23-22(28-15(2)32-23)25(31)29-13-18-11-20(18)21(29)12-27-24(30)17-7-9-19(26)10-8-17/h3-10,18,20-21H,11-13H2,1-2H3,(H,27,30)/t18-,20?,21-/m1/s1. The molecule has 3 atom stereocenters. The second-order valence-electron chi connectivity index (χ2n) is 8.68. The zero-order valence-electron chi connectivity index (χ0n) is 18.0. The summed E-state index contributed by atoms with van der Waals surface area (Å²) in [6, 6.07) is 13.6. The second-order valence-corrected chi connectivity index (χ2v) is 9.88. The van der Waals surface area contributed by atoms with Gasteiger partial charge >= 0.3 is 0 Å². The number of aryl methyl sites for hydroxylation is 2. The van der Waals surface area contributed by atoms with E-state index in [-0.39, 0.29) is 23.7 Å². The molecule has 2 amide bonds. The molecule has 1 aliphatic carbocycles. The van der Waals surface area contributed by atoms with E-state index in [9.17, 15) is 14.0 Å². The zero-order valence-corrected chi connectivity index (χ0v) is 18.8. The summed E-state index contributed by atoms with van der Waals surface area (Å²) in [4.78, 5) is 33.4. The van der Waals surface area contributed by atoms with Gasteiger partial charge in [-0.1, -0.05) is 29.8 Å². The molecule has 2 aromatic carbocycles. The highest BCUT2D eigenvalue weighted by Gasteiger charge is 2.54. The first-order valence-electron chi connectivity index (χ1n) is 10.8. The van der Waals surface area contributed by atoms with Crippen LogP contribution in [-0.2, 0) is 0 Å². The summed E-state index contributed by atoms with van der Waals surface area (Å²) in [6.45, 7) is 5.03. The average Bonchev–Trinajstić information content (AvgIpc) is 3.30. The number of carbonyl (C=O) groups is 2. The SMILES string of the molecule is Cc1ccc(-c2sc(C)nc2C(=O)N2C[C@H]3CC3[C@H]2CNC(=O)c2ccc(F)cc2)cc1. The zero-order chi connectivity index (χ0) is 22.4. The quantitative estimate of drug-likeness (QED) is 0.626. The molecule has 0 spiro atoms. The Bertz CT molecular complexity index is 1170. The van der Waals surface area contributed by atoms with Crippen molar-refractivity contribution in [2.75, 3.05) is 13.1 Å². The summed E-state index contributed by atoms with van der Waals surface area (Å²) < 4.78 is 13.1. The van der Waals surface area contributed by atoms with Crippen molar-refractivity contribution in [3.05, 3.63) is 76.2 Å². The number of rotatable bonds is 5. The fourth-order valence-corrected chi connectivity index (χ4v) is 5.49. The number of carbonyl (C=O) groups excluding carboxylic acids is 2. The van der Waals surface area contributed by atoms with E-state index in [1.54, 1.807) is 0 Å². The lowest BCUT2D eigenvalue weighted by molar-refractivity contribution is 0.0690. The fraction of sp³-hybridized carbons (Fsp3) is 0.320. The van der Waals surface area contributed by atoms with E-state index in [4.69, 9.17) is 0 Å². The van der Waals surface area contributed by atoms with Crippen LogP contribution in [0.15, 0.2) is 48.5 Å². The molecule has 1 N–H and O–H groups in total. The van der Waals surface area contributed by atoms with Crippen molar-refractivity contribution >= 4 is 23.2 Å². The molecular weight excluding hydrogens is 425 g/mol. The van der Waals surface area contributed by atoms with Crippen molar-refractivity contribution in [1.82, 2.24) is 15.2 Å². The summed E-state index contributed by atoms with van der Waals surface area (Å²) in [5, 5.41) is 3.79. The molecule has 0 radical (unpaired) electrons. The first kappa shape index (κ1) is 20.8. The highest BCUT2D eigenvalue weighted by molar-refractivity contribution is 7.15. The highest BCUT2D eigenvalue weighted by Crippen LogP contribution is 2.50. The Balaban J connectivity index is 1.34. The lowest BCUT2D eigenvalue weighted by Gasteiger charge is -2.27. The van der Waals surface area contributed by atoms with Crippen LogP contribution in [-0.4, -0.2) is 40.8 Å². The van der Waals surface area contributed by atoms with Crippen molar-refractivity contribution in [3.63, 3.8) is 0 Å². The molecule has 2 aliphatic rings. The van der Waals surface area contributed by atoms with Crippen molar-refractivity contribution in [2.24, 2.45) is 11.8 Å². The Labute approximate surface area is 190 Å². The summed E-state index contributed by atoms with van der Waals surface area (Å²) >= 11 is 1.53. The van der Waals surface area contributed by atoms with E-state index in [0.717, 1.165) is 21.9 Å². The second kappa shape index (κ2) is 8.13. The number of nitrogens with zero attached hydrogens (tertiary/aromatic N) is 2. The Kier molecular flexibility index (Phi) is 5.29. The predicted molar refractivity (Wildman–Crippen MR) is 122 cm³/mol. The third-order valence-corrected chi connectivity index (χ3v) is 7.41. The molecule has 1 unspecified atom stereocenters. The molecular formula is C25H24FN3O2S. The third-order valence-electron chi connectivity index (χ3n) is 6.39. The summed E-state index contributed by atoms with van der Waals surface area (Å²) in [7, 11) is 0. The van der Waals surface area contributed by atoms with Gasteiger partial charge < -0.3 is 10.2 Å². The number of fused-ring (bicyclic) bond motifs is 1. The van der Waals surface area contributed by atoms with Crippen LogP contribution in [0.25, 0.3) is 10.4 Å². The highest BCUT2D eigenvalue weighted by atomic mass is 32.1. The van der Waals surface area contributed by atoms with Gasteiger partial charge in [0.1, 0.15) is 11.5 Å². The van der Waals surface area contributed by atoms with Gasteiger partial charge in [-0.05, 0) is 61.9 Å². The normalized spacial score (nSPS) is 21.3. The lowest BCUT2D eigenvalue weighted by Crippen LogP contribution is -2.45. The molecule has 1 aromatic heterocycles. The van der Waals surface area contributed by atoms with Crippen molar-refractivity contribution in [1.29, 1.82) is 0 Å². The van der Waals surface area contributed by atoms with Crippen molar-refractivity contribution in [3.8, 4) is 10.4 Å². The number of hydrogen-bond acceptors (Lipinski definition) is 4. The van der Waals surface area contributed by atoms with Crippen LogP contribution in [0.4, 0.5) is 4.39 Å². The number of thiazole rings is 1. The van der Waals surface area contributed by atoms with Crippen LogP contribution in [0.2, 0.25) is 0 Å². The smallest absolute Gasteiger partial charge is 0.274 e. The number of piperidine rings is 1. The van der Waals surface area contributed by atoms with Crippen molar-refractivity contribution in [2.45, 2.75) is 26.3 Å². The molecule has 2 fully saturated rings. The van der Waals surface area contributed by atoms with Crippen LogP contribution < -0.4 is 5.32 Å². The topological polar surface area (TPSA) is 62.3 Å². The molecule has 5 rings (SSSR count). The summed E-state index contributed by atoms with van der Waals surface area (Å²) in [6.07, 6.45) is 1.09. The Morgan fingerprint density at radius 2 is 1.84 bits per heavy atom. The predicted octanol–water partition coefficient (Wildman–Crippen LogP) is 4.46. The fourth-order valence-electron chi connectivity index (χ4n) is 4.58. The lowest BCUT2D eigenvalue weighted by atomic mass is 10.1. The van der Waals surface area contributed by atoms with Crippen molar-refractivity contribution < 1.29 is 14.0 Å². The van der Waals surface area contributed by atoms with E-state index in [0.29, 0.717) is 36.2 Å². The van der Waals surface area contributed by atoms with Crippen LogP contribution in [0.3, 0.4) is 0 Å². The number of likely N-dealkylation sites (tertiary alicyclic amines) is 1. The Hall–Kier alpha value is -3.06. The minimum atomic E-state index is -0.377. The third kappa shape index (κ3) is 3.93. The Morgan fingerprint density at radius 1 is 1.12 bits per heavy atom. The minimum absolute atomic E-state index is 0.0511. The van der Waals surface area contributed by atoms with Gasteiger partial charge in [0.25, 0.3) is 11.8 Å². The molecule has 7 heteroatoms. The maximum Gasteiger partial charge on any atom is 0.274 e. The molecule has 1 aliphatic heterocycles. The van der Waals surface area contributed by atoms with Gasteiger partial charge in [0.2, 0.25) is 0 Å². The Morgan fingerprint density at radius 3 is 2.56 bits per heavy atom.